The average molecular weight is 182 g/mol. The summed E-state index contributed by atoms with van der Waals surface area (Å²) in [5, 5.41) is 3.91. The highest BCUT2D eigenvalue weighted by Crippen LogP contribution is 1.96. The summed E-state index contributed by atoms with van der Waals surface area (Å²) in [4.78, 5) is 13.0. The zero-order valence-corrected chi connectivity index (χ0v) is 7.90. The number of carbonyl (C=O) groups excluding carboxylic acids is 1. The molecule has 0 aromatic carbocycles. The summed E-state index contributed by atoms with van der Waals surface area (Å²) in [6, 6.07) is 1.67. The third-order valence-electron chi connectivity index (χ3n) is 1.86. The minimum absolute atomic E-state index is 0.0330. The molecule has 1 aromatic heterocycles. The van der Waals surface area contributed by atoms with Gasteiger partial charge in [0.05, 0.1) is 0 Å². The van der Waals surface area contributed by atoms with Crippen molar-refractivity contribution in [2.75, 3.05) is 19.3 Å². The lowest BCUT2D eigenvalue weighted by Gasteiger charge is -2.13. The van der Waals surface area contributed by atoms with Gasteiger partial charge in [-0.15, -0.1) is 0 Å². The predicted octanol–water partition coefficient (Wildman–Crippen LogP) is -0.0564. The molecular formula is C8H14N4O. The minimum atomic E-state index is 0.0330. The topological polar surface area (TPSA) is 64.2 Å². The van der Waals surface area contributed by atoms with Crippen LogP contribution >= 0.6 is 0 Å². The van der Waals surface area contributed by atoms with Gasteiger partial charge in [0.25, 0.3) is 0 Å². The van der Waals surface area contributed by atoms with E-state index in [4.69, 9.17) is 5.73 Å². The first-order valence-corrected chi connectivity index (χ1v) is 4.16. The van der Waals surface area contributed by atoms with E-state index in [1.807, 2.05) is 6.92 Å². The fourth-order valence-corrected chi connectivity index (χ4v) is 0.901. The Morgan fingerprint density at radius 3 is 2.92 bits per heavy atom. The number of likely N-dealkylation sites (N-methyl/N-ethyl adjacent to an activating group) is 1. The summed E-state index contributed by atoms with van der Waals surface area (Å²) in [5.74, 6) is 0.470. The fourth-order valence-electron chi connectivity index (χ4n) is 0.901. The Balaban J connectivity index is 2.54. The van der Waals surface area contributed by atoms with Gasteiger partial charge in [-0.1, -0.05) is 0 Å². The van der Waals surface area contributed by atoms with Gasteiger partial charge in [-0.25, -0.2) is 0 Å². The van der Waals surface area contributed by atoms with E-state index < -0.39 is 0 Å². The third-order valence-corrected chi connectivity index (χ3v) is 1.86. The van der Waals surface area contributed by atoms with Gasteiger partial charge in [-0.05, 0) is 13.0 Å². The number of hydrogen-bond donors (Lipinski definition) is 1. The van der Waals surface area contributed by atoms with Crippen LogP contribution in [0.4, 0.5) is 5.82 Å². The lowest BCUT2D eigenvalue weighted by atomic mass is 10.5. The van der Waals surface area contributed by atoms with Crippen LogP contribution in [0.2, 0.25) is 0 Å². The Labute approximate surface area is 77.1 Å². The lowest BCUT2D eigenvalue weighted by molar-refractivity contribution is -0.130. The highest BCUT2D eigenvalue weighted by atomic mass is 16.2. The molecule has 0 bridgehead atoms. The SMILES string of the molecule is CCN(C)C(=O)Cn1ccc(N)n1. The van der Waals surface area contributed by atoms with Crippen LogP contribution in [0, 0.1) is 0 Å². The van der Waals surface area contributed by atoms with Gasteiger partial charge in [0.2, 0.25) is 5.91 Å². The van der Waals surface area contributed by atoms with Gasteiger partial charge in [-0.3, -0.25) is 9.48 Å². The Hall–Kier alpha value is -1.52. The van der Waals surface area contributed by atoms with Gasteiger partial charge < -0.3 is 10.6 Å². The van der Waals surface area contributed by atoms with Gasteiger partial charge in [0.15, 0.2) is 0 Å². The Morgan fingerprint density at radius 1 is 1.77 bits per heavy atom. The molecule has 72 valence electrons. The largest absolute Gasteiger partial charge is 0.382 e. The molecule has 1 heterocycles. The number of rotatable bonds is 3. The monoisotopic (exact) mass is 182 g/mol. The number of nitrogens with two attached hydrogens (primary N) is 1. The molecule has 0 spiro atoms. The zero-order valence-electron chi connectivity index (χ0n) is 7.90. The summed E-state index contributed by atoms with van der Waals surface area (Å²) in [5.41, 5.74) is 5.41. The maximum atomic E-state index is 11.4. The Kier molecular flexibility index (Phi) is 2.89. The smallest absolute Gasteiger partial charge is 0.244 e. The average Bonchev–Trinajstić information content (AvgIpc) is 2.49. The van der Waals surface area contributed by atoms with Crippen molar-refractivity contribution in [3.8, 4) is 0 Å². The van der Waals surface area contributed by atoms with E-state index in [0.717, 1.165) is 0 Å². The summed E-state index contributed by atoms with van der Waals surface area (Å²) in [7, 11) is 1.76. The van der Waals surface area contributed by atoms with E-state index >= 15 is 0 Å². The quantitative estimate of drug-likeness (QED) is 0.712. The highest BCUT2D eigenvalue weighted by molar-refractivity contribution is 5.75. The van der Waals surface area contributed by atoms with Crippen LogP contribution in [0.3, 0.4) is 0 Å². The number of anilines is 1. The molecule has 1 amide bonds. The molecule has 0 unspecified atom stereocenters. The van der Waals surface area contributed by atoms with Gasteiger partial charge >= 0.3 is 0 Å². The predicted molar refractivity (Wildman–Crippen MR) is 50.0 cm³/mol. The van der Waals surface area contributed by atoms with Crippen LogP contribution in [0.15, 0.2) is 12.3 Å². The number of amides is 1. The number of aromatic nitrogens is 2. The van der Waals surface area contributed by atoms with E-state index in [1.54, 1.807) is 24.2 Å². The van der Waals surface area contributed by atoms with Gasteiger partial charge in [-0.2, -0.15) is 5.10 Å². The van der Waals surface area contributed by atoms with Crippen molar-refractivity contribution in [3.05, 3.63) is 12.3 Å². The summed E-state index contributed by atoms with van der Waals surface area (Å²) >= 11 is 0. The van der Waals surface area contributed by atoms with Crippen molar-refractivity contribution in [2.45, 2.75) is 13.5 Å². The van der Waals surface area contributed by atoms with Gasteiger partial charge in [0, 0.05) is 19.8 Å². The molecule has 0 aliphatic rings. The normalized spacial score (nSPS) is 10.0. The van der Waals surface area contributed by atoms with E-state index in [9.17, 15) is 4.79 Å². The molecule has 0 atom stereocenters. The first-order chi connectivity index (χ1) is 6.13. The van der Waals surface area contributed by atoms with Crippen molar-refractivity contribution in [2.24, 2.45) is 0 Å². The molecule has 0 saturated heterocycles. The number of hydrogen-bond acceptors (Lipinski definition) is 3. The van der Waals surface area contributed by atoms with Crippen molar-refractivity contribution in [1.82, 2.24) is 14.7 Å². The molecule has 5 nitrogen and oxygen atoms in total. The lowest BCUT2D eigenvalue weighted by Crippen LogP contribution is -2.30. The van der Waals surface area contributed by atoms with Crippen LogP contribution < -0.4 is 5.73 Å². The van der Waals surface area contributed by atoms with E-state index in [-0.39, 0.29) is 12.5 Å². The first kappa shape index (κ1) is 9.57. The Morgan fingerprint density at radius 2 is 2.46 bits per heavy atom. The third kappa shape index (κ3) is 2.47. The summed E-state index contributed by atoms with van der Waals surface area (Å²) in [6.07, 6.45) is 1.69. The molecule has 0 radical (unpaired) electrons. The standard InChI is InChI=1S/C8H14N4O/c1-3-11(2)8(13)6-12-5-4-7(9)10-12/h4-5H,3,6H2,1-2H3,(H2,9,10). The Bertz CT molecular complexity index is 294. The molecule has 0 aliphatic carbocycles. The molecular weight excluding hydrogens is 168 g/mol. The molecule has 0 saturated carbocycles. The second kappa shape index (κ2) is 3.93. The second-order valence-electron chi connectivity index (χ2n) is 2.85. The maximum Gasteiger partial charge on any atom is 0.244 e. The highest BCUT2D eigenvalue weighted by Gasteiger charge is 2.07. The minimum Gasteiger partial charge on any atom is -0.382 e. The van der Waals surface area contributed by atoms with Crippen molar-refractivity contribution >= 4 is 11.7 Å². The summed E-state index contributed by atoms with van der Waals surface area (Å²) in [6.45, 7) is 2.88. The van der Waals surface area contributed by atoms with Crippen molar-refractivity contribution in [3.63, 3.8) is 0 Å². The number of carbonyl (C=O) groups is 1. The van der Waals surface area contributed by atoms with Crippen LogP contribution in [0.25, 0.3) is 0 Å². The molecule has 1 aromatic rings. The van der Waals surface area contributed by atoms with E-state index in [0.29, 0.717) is 12.4 Å². The van der Waals surface area contributed by atoms with Crippen LogP contribution in [0.5, 0.6) is 0 Å². The molecule has 13 heavy (non-hydrogen) atoms. The van der Waals surface area contributed by atoms with E-state index in [2.05, 4.69) is 5.10 Å². The number of nitrogens with zero attached hydrogens (tertiary/aromatic N) is 3. The second-order valence-corrected chi connectivity index (χ2v) is 2.85. The van der Waals surface area contributed by atoms with Crippen molar-refractivity contribution in [1.29, 1.82) is 0 Å². The fraction of sp³-hybridized carbons (Fsp3) is 0.500. The molecule has 2 N–H and O–H groups in total. The summed E-state index contributed by atoms with van der Waals surface area (Å²) < 4.78 is 1.53. The van der Waals surface area contributed by atoms with E-state index in [1.165, 1.54) is 4.68 Å². The molecule has 0 aliphatic heterocycles. The van der Waals surface area contributed by atoms with Crippen LogP contribution in [-0.2, 0) is 11.3 Å². The number of nitrogen functional groups attached to an aromatic ring is 1. The van der Waals surface area contributed by atoms with Crippen molar-refractivity contribution < 1.29 is 4.79 Å². The maximum absolute atomic E-state index is 11.4. The molecule has 1 rings (SSSR count). The zero-order chi connectivity index (χ0) is 9.84. The van der Waals surface area contributed by atoms with Gasteiger partial charge in [0.1, 0.15) is 12.4 Å². The molecule has 5 heteroatoms. The first-order valence-electron chi connectivity index (χ1n) is 4.16. The van der Waals surface area contributed by atoms with Crippen LogP contribution in [-0.4, -0.2) is 34.2 Å². The van der Waals surface area contributed by atoms with Crippen LogP contribution in [0.1, 0.15) is 6.92 Å². The molecule has 0 fully saturated rings.